The van der Waals surface area contributed by atoms with Gasteiger partial charge in [0.25, 0.3) is 0 Å². The molecule has 0 aromatic heterocycles. The molecule has 0 fully saturated rings. The van der Waals surface area contributed by atoms with Gasteiger partial charge in [-0.2, -0.15) is 0 Å². The topological polar surface area (TPSA) is 94.1 Å². The molecule has 0 bridgehead atoms. The number of ether oxygens (including phenoxy) is 8. The van der Waals surface area contributed by atoms with Gasteiger partial charge in [-0.1, -0.05) is 71.1 Å². The Kier molecular flexibility index (Phi) is 35.3. The van der Waals surface area contributed by atoms with Crippen molar-refractivity contribution in [1.82, 2.24) is 0 Å². The summed E-state index contributed by atoms with van der Waals surface area (Å²) in [6.07, 6.45) is 14.3. The van der Waals surface area contributed by atoms with Crippen LogP contribution in [0.4, 0.5) is 0 Å². The predicted molar refractivity (Wildman–Crippen MR) is 154 cm³/mol. The summed E-state index contributed by atoms with van der Waals surface area (Å²) in [5.41, 5.74) is 0. The van der Waals surface area contributed by atoms with Gasteiger partial charge in [0.2, 0.25) is 0 Å². The summed E-state index contributed by atoms with van der Waals surface area (Å²) in [5.74, 6) is 0. The highest BCUT2D eigenvalue weighted by Gasteiger charge is 2.04. The third-order valence-electron chi connectivity index (χ3n) is 6.03. The second-order valence-corrected chi connectivity index (χ2v) is 9.52. The predicted octanol–water partition coefficient (Wildman–Crippen LogP) is 5.16. The van der Waals surface area contributed by atoms with E-state index in [1.807, 2.05) is 6.92 Å². The Morgan fingerprint density at radius 3 is 1.05 bits per heavy atom. The van der Waals surface area contributed by atoms with Crippen LogP contribution >= 0.6 is 0 Å². The highest BCUT2D eigenvalue weighted by Crippen LogP contribution is 2.12. The summed E-state index contributed by atoms with van der Waals surface area (Å²) in [6, 6.07) is 0. The number of hydrogen-bond acceptors (Lipinski definition) is 9. The molecule has 9 nitrogen and oxygen atoms in total. The normalized spacial score (nSPS) is 12.4. The first-order valence-electron chi connectivity index (χ1n) is 15.6. The van der Waals surface area contributed by atoms with Crippen LogP contribution in [0.5, 0.6) is 0 Å². The van der Waals surface area contributed by atoms with Crippen molar-refractivity contribution < 1.29 is 43.0 Å². The van der Waals surface area contributed by atoms with E-state index in [0.29, 0.717) is 106 Å². The van der Waals surface area contributed by atoms with Crippen LogP contribution in [0.1, 0.15) is 90.9 Å². The molecule has 0 saturated carbocycles. The van der Waals surface area contributed by atoms with Crippen molar-refractivity contribution in [2.45, 2.75) is 97.2 Å². The van der Waals surface area contributed by atoms with Gasteiger partial charge >= 0.3 is 0 Å². The van der Waals surface area contributed by atoms with Gasteiger partial charge in [0.1, 0.15) is 0 Å². The molecule has 0 radical (unpaired) electrons. The number of rotatable bonds is 35. The molecule has 1 atom stereocenters. The molecule has 0 rings (SSSR count). The molecule has 39 heavy (non-hydrogen) atoms. The average Bonchev–Trinajstić information content (AvgIpc) is 2.94. The zero-order chi connectivity index (χ0) is 28.3. The van der Waals surface area contributed by atoms with Crippen molar-refractivity contribution in [3.63, 3.8) is 0 Å². The first-order chi connectivity index (χ1) is 19.3. The molecule has 0 aliphatic carbocycles. The van der Waals surface area contributed by atoms with Crippen LogP contribution in [0.2, 0.25) is 0 Å². The Morgan fingerprint density at radius 2 is 0.692 bits per heavy atom. The SMILES string of the molecule is CCCCCCCCCCCCCC(O)OCCOCCOCCOCCOCCOCCOCCOCC. The van der Waals surface area contributed by atoms with Crippen molar-refractivity contribution in [3.8, 4) is 0 Å². The lowest BCUT2D eigenvalue weighted by molar-refractivity contribution is -0.118. The molecule has 0 aliphatic heterocycles. The van der Waals surface area contributed by atoms with Crippen molar-refractivity contribution in [2.75, 3.05) is 99.1 Å². The maximum Gasteiger partial charge on any atom is 0.154 e. The van der Waals surface area contributed by atoms with Crippen LogP contribution in [0, 0.1) is 0 Å². The smallest absolute Gasteiger partial charge is 0.154 e. The largest absolute Gasteiger partial charge is 0.379 e. The van der Waals surface area contributed by atoms with Gasteiger partial charge in [-0.3, -0.25) is 0 Å². The number of hydrogen-bond donors (Lipinski definition) is 1. The molecule has 236 valence electrons. The zero-order valence-electron chi connectivity index (χ0n) is 25.4. The molecule has 1 N–H and O–H groups in total. The first-order valence-corrected chi connectivity index (χ1v) is 15.6. The van der Waals surface area contributed by atoms with Crippen molar-refractivity contribution in [1.29, 1.82) is 0 Å². The molecule has 0 spiro atoms. The van der Waals surface area contributed by atoms with E-state index < -0.39 is 6.29 Å². The molecular formula is C30H62O9. The minimum Gasteiger partial charge on any atom is -0.379 e. The quantitative estimate of drug-likeness (QED) is 0.0825. The fourth-order valence-corrected chi connectivity index (χ4v) is 3.77. The Labute approximate surface area is 239 Å². The number of aliphatic hydroxyl groups excluding tert-OH is 1. The highest BCUT2D eigenvalue weighted by atomic mass is 16.6. The van der Waals surface area contributed by atoms with Crippen LogP contribution in [0.3, 0.4) is 0 Å². The third-order valence-corrected chi connectivity index (χ3v) is 6.03. The molecule has 0 aliphatic rings. The second kappa shape index (κ2) is 35.7. The maximum absolute atomic E-state index is 9.92. The van der Waals surface area contributed by atoms with E-state index in [1.165, 1.54) is 64.2 Å². The van der Waals surface area contributed by atoms with Crippen LogP contribution in [0.25, 0.3) is 0 Å². The van der Waals surface area contributed by atoms with Crippen LogP contribution in [-0.4, -0.2) is 110 Å². The van der Waals surface area contributed by atoms with Gasteiger partial charge < -0.3 is 43.0 Å². The summed E-state index contributed by atoms with van der Waals surface area (Å²) in [6.45, 7) is 12.3. The number of unbranched alkanes of at least 4 members (excludes halogenated alkanes) is 10. The molecule has 0 saturated heterocycles. The van der Waals surface area contributed by atoms with Crippen molar-refractivity contribution in [3.05, 3.63) is 0 Å². The van der Waals surface area contributed by atoms with E-state index in [-0.39, 0.29) is 0 Å². The lowest BCUT2D eigenvalue weighted by Gasteiger charge is -2.12. The molecule has 1 unspecified atom stereocenters. The Morgan fingerprint density at radius 1 is 0.385 bits per heavy atom. The molecule has 0 amide bonds. The van der Waals surface area contributed by atoms with E-state index in [2.05, 4.69) is 6.92 Å². The highest BCUT2D eigenvalue weighted by molar-refractivity contribution is 4.50. The van der Waals surface area contributed by atoms with Crippen molar-refractivity contribution in [2.24, 2.45) is 0 Å². The molecule has 9 heteroatoms. The van der Waals surface area contributed by atoms with Crippen molar-refractivity contribution >= 4 is 0 Å². The van der Waals surface area contributed by atoms with E-state index in [1.54, 1.807) is 0 Å². The monoisotopic (exact) mass is 566 g/mol. The summed E-state index contributed by atoms with van der Waals surface area (Å²) in [4.78, 5) is 0. The van der Waals surface area contributed by atoms with Gasteiger partial charge in [-0.15, -0.1) is 0 Å². The Hall–Kier alpha value is -0.360. The third kappa shape index (κ3) is 35.6. The molecule has 0 aromatic carbocycles. The Balaban J connectivity index is 3.12. The van der Waals surface area contributed by atoms with E-state index in [9.17, 15) is 5.11 Å². The lowest BCUT2D eigenvalue weighted by Crippen LogP contribution is -2.17. The minimum atomic E-state index is -0.687. The van der Waals surface area contributed by atoms with E-state index in [4.69, 9.17) is 37.9 Å². The lowest BCUT2D eigenvalue weighted by atomic mass is 10.1. The summed E-state index contributed by atoms with van der Waals surface area (Å²) in [5, 5.41) is 9.92. The van der Waals surface area contributed by atoms with Gasteiger partial charge in [0.05, 0.1) is 92.5 Å². The first kappa shape index (κ1) is 38.6. The fourth-order valence-electron chi connectivity index (χ4n) is 3.77. The minimum absolute atomic E-state index is 0.398. The standard InChI is InChI=1S/C30H62O9/c1-3-5-6-7-8-9-10-11-12-13-14-15-30(31)39-29-28-38-27-26-37-25-24-36-23-22-35-21-20-34-19-18-33-17-16-32-4-2/h30-31H,3-29H2,1-2H3. The Bertz CT molecular complexity index is 429. The molecule has 0 aromatic rings. The van der Waals surface area contributed by atoms with Crippen LogP contribution < -0.4 is 0 Å². The summed E-state index contributed by atoms with van der Waals surface area (Å²) >= 11 is 0. The fraction of sp³-hybridized carbons (Fsp3) is 1.00. The average molecular weight is 567 g/mol. The van der Waals surface area contributed by atoms with Gasteiger partial charge in [-0.25, -0.2) is 0 Å². The van der Waals surface area contributed by atoms with Crippen LogP contribution in [-0.2, 0) is 37.9 Å². The summed E-state index contributed by atoms with van der Waals surface area (Å²) < 4.78 is 43.2. The van der Waals surface area contributed by atoms with Crippen LogP contribution in [0.15, 0.2) is 0 Å². The van der Waals surface area contributed by atoms with E-state index in [0.717, 1.165) is 6.42 Å². The van der Waals surface area contributed by atoms with Gasteiger partial charge in [0.15, 0.2) is 6.29 Å². The zero-order valence-corrected chi connectivity index (χ0v) is 25.4. The second-order valence-electron chi connectivity index (χ2n) is 9.52. The van der Waals surface area contributed by atoms with E-state index >= 15 is 0 Å². The maximum atomic E-state index is 9.92. The van der Waals surface area contributed by atoms with Gasteiger partial charge in [0, 0.05) is 6.61 Å². The molecular weight excluding hydrogens is 504 g/mol. The number of aliphatic hydroxyl groups is 1. The van der Waals surface area contributed by atoms with Gasteiger partial charge in [-0.05, 0) is 19.8 Å². The molecule has 0 heterocycles. The summed E-state index contributed by atoms with van der Waals surface area (Å²) in [7, 11) is 0.